The maximum absolute atomic E-state index is 5.81. The Bertz CT molecular complexity index is 167. The van der Waals surface area contributed by atoms with Gasteiger partial charge in [-0.3, -0.25) is 0 Å². The molecule has 2 aliphatic rings. The first-order chi connectivity index (χ1) is 5.76. The molecule has 2 rings (SSSR count). The van der Waals surface area contributed by atoms with Gasteiger partial charge in [-0.05, 0) is 32.2 Å². The van der Waals surface area contributed by atoms with Crippen LogP contribution in [0, 0.1) is 11.3 Å². The molecule has 2 heteroatoms. The van der Waals surface area contributed by atoms with Gasteiger partial charge in [-0.1, -0.05) is 6.92 Å². The van der Waals surface area contributed by atoms with E-state index in [0.29, 0.717) is 11.5 Å². The molecule has 70 valence electrons. The summed E-state index contributed by atoms with van der Waals surface area (Å²) in [5, 5.41) is 3.28. The van der Waals surface area contributed by atoms with Crippen LogP contribution in [0.15, 0.2) is 0 Å². The Morgan fingerprint density at radius 2 is 2.25 bits per heavy atom. The molecule has 0 amide bonds. The van der Waals surface area contributed by atoms with Gasteiger partial charge in [0.25, 0.3) is 0 Å². The lowest BCUT2D eigenvalue weighted by Gasteiger charge is -2.29. The third-order valence-electron chi connectivity index (χ3n) is 3.29. The normalized spacial score (nSPS) is 42.0. The highest BCUT2D eigenvalue weighted by Crippen LogP contribution is 2.47. The Labute approximate surface area is 74.7 Å². The zero-order valence-corrected chi connectivity index (χ0v) is 8.10. The number of nitrogens with one attached hydrogen (secondary N) is 1. The fourth-order valence-corrected chi connectivity index (χ4v) is 2.46. The quantitative estimate of drug-likeness (QED) is 0.689. The zero-order chi connectivity index (χ0) is 8.60. The van der Waals surface area contributed by atoms with E-state index in [1.807, 2.05) is 7.05 Å². The van der Waals surface area contributed by atoms with Crippen LogP contribution in [0.25, 0.3) is 0 Å². The minimum Gasteiger partial charge on any atom is -0.377 e. The van der Waals surface area contributed by atoms with Crippen molar-refractivity contribution in [3.8, 4) is 0 Å². The molecule has 0 spiro atoms. The highest BCUT2D eigenvalue weighted by atomic mass is 16.5. The van der Waals surface area contributed by atoms with Gasteiger partial charge in [-0.25, -0.2) is 0 Å². The predicted molar refractivity (Wildman–Crippen MR) is 49.1 cm³/mol. The van der Waals surface area contributed by atoms with Crippen molar-refractivity contribution in [3.63, 3.8) is 0 Å². The third kappa shape index (κ3) is 1.38. The van der Waals surface area contributed by atoms with Gasteiger partial charge in [0, 0.05) is 18.6 Å². The van der Waals surface area contributed by atoms with E-state index < -0.39 is 0 Å². The summed E-state index contributed by atoms with van der Waals surface area (Å²) in [5.74, 6) is 0.880. The van der Waals surface area contributed by atoms with Crippen LogP contribution in [-0.4, -0.2) is 26.3 Å². The number of hydrogen-bond donors (Lipinski definition) is 1. The molecule has 0 aromatic carbocycles. The Kier molecular flexibility index (Phi) is 2.13. The van der Waals surface area contributed by atoms with Crippen LogP contribution in [0.5, 0.6) is 0 Å². The molecule has 1 N–H and O–H groups in total. The van der Waals surface area contributed by atoms with Crippen molar-refractivity contribution in [2.45, 2.75) is 32.3 Å². The van der Waals surface area contributed by atoms with Crippen LogP contribution in [-0.2, 0) is 4.74 Å². The molecule has 0 aromatic rings. The van der Waals surface area contributed by atoms with Crippen molar-refractivity contribution in [3.05, 3.63) is 0 Å². The summed E-state index contributed by atoms with van der Waals surface area (Å²) in [6.45, 7) is 4.44. The molecule has 1 aliphatic heterocycles. The van der Waals surface area contributed by atoms with Gasteiger partial charge < -0.3 is 10.1 Å². The summed E-state index contributed by atoms with van der Waals surface area (Å²) >= 11 is 0. The van der Waals surface area contributed by atoms with E-state index in [2.05, 4.69) is 12.2 Å². The van der Waals surface area contributed by atoms with E-state index >= 15 is 0 Å². The van der Waals surface area contributed by atoms with Crippen molar-refractivity contribution in [1.82, 2.24) is 5.32 Å². The lowest BCUT2D eigenvalue weighted by atomic mass is 9.81. The largest absolute Gasteiger partial charge is 0.377 e. The van der Waals surface area contributed by atoms with Crippen molar-refractivity contribution >= 4 is 0 Å². The smallest absolute Gasteiger partial charge is 0.0669 e. The van der Waals surface area contributed by atoms with Crippen LogP contribution in [0.1, 0.15) is 26.2 Å². The molecule has 2 nitrogen and oxygen atoms in total. The van der Waals surface area contributed by atoms with E-state index in [0.717, 1.165) is 19.1 Å². The van der Waals surface area contributed by atoms with Crippen LogP contribution in [0.3, 0.4) is 0 Å². The molecule has 2 unspecified atom stereocenters. The number of ether oxygens (including phenoxy) is 1. The van der Waals surface area contributed by atoms with Crippen molar-refractivity contribution in [2.75, 3.05) is 20.2 Å². The molecule has 2 fully saturated rings. The maximum Gasteiger partial charge on any atom is 0.0669 e. The fourth-order valence-electron chi connectivity index (χ4n) is 2.46. The molecule has 1 heterocycles. The van der Waals surface area contributed by atoms with Crippen LogP contribution in [0.2, 0.25) is 0 Å². The monoisotopic (exact) mass is 169 g/mol. The molecule has 1 aliphatic carbocycles. The van der Waals surface area contributed by atoms with Crippen LogP contribution < -0.4 is 5.32 Å². The van der Waals surface area contributed by atoms with Gasteiger partial charge >= 0.3 is 0 Å². The lowest BCUT2D eigenvalue weighted by Crippen LogP contribution is -2.38. The molecule has 12 heavy (non-hydrogen) atoms. The maximum atomic E-state index is 5.81. The SMILES string of the molecule is CNCC1(C)CCOC1C1CC1. The molecule has 1 saturated heterocycles. The molecule has 0 bridgehead atoms. The second kappa shape index (κ2) is 3.00. The fraction of sp³-hybridized carbons (Fsp3) is 1.00. The molecular weight excluding hydrogens is 150 g/mol. The van der Waals surface area contributed by atoms with Gasteiger partial charge in [-0.15, -0.1) is 0 Å². The van der Waals surface area contributed by atoms with E-state index in [9.17, 15) is 0 Å². The van der Waals surface area contributed by atoms with E-state index in [4.69, 9.17) is 4.74 Å². The second-order valence-corrected chi connectivity index (χ2v) is 4.56. The van der Waals surface area contributed by atoms with Gasteiger partial charge in [0.15, 0.2) is 0 Å². The topological polar surface area (TPSA) is 21.3 Å². The van der Waals surface area contributed by atoms with E-state index in [1.165, 1.54) is 19.3 Å². The lowest BCUT2D eigenvalue weighted by molar-refractivity contribution is 0.0395. The second-order valence-electron chi connectivity index (χ2n) is 4.56. The van der Waals surface area contributed by atoms with Gasteiger partial charge in [0.2, 0.25) is 0 Å². The summed E-state index contributed by atoms with van der Waals surface area (Å²) < 4.78 is 5.81. The molecule has 1 saturated carbocycles. The molecule has 2 atom stereocenters. The van der Waals surface area contributed by atoms with Crippen LogP contribution in [0.4, 0.5) is 0 Å². The van der Waals surface area contributed by atoms with Crippen molar-refractivity contribution in [2.24, 2.45) is 11.3 Å². The molecular formula is C10H19NO. The first-order valence-corrected chi connectivity index (χ1v) is 5.02. The highest BCUT2D eigenvalue weighted by Gasteiger charge is 2.47. The Morgan fingerprint density at radius 3 is 2.83 bits per heavy atom. The predicted octanol–water partition coefficient (Wildman–Crippen LogP) is 1.41. The van der Waals surface area contributed by atoms with Gasteiger partial charge in [0.1, 0.15) is 0 Å². The highest BCUT2D eigenvalue weighted by molar-refractivity contribution is 4.97. The number of hydrogen-bond acceptors (Lipinski definition) is 2. The third-order valence-corrected chi connectivity index (χ3v) is 3.29. The molecule has 0 aromatic heterocycles. The average Bonchev–Trinajstić information content (AvgIpc) is 2.77. The van der Waals surface area contributed by atoms with Crippen molar-refractivity contribution < 1.29 is 4.74 Å². The number of rotatable bonds is 3. The molecule has 0 radical (unpaired) electrons. The Morgan fingerprint density at radius 1 is 1.50 bits per heavy atom. The summed E-state index contributed by atoms with van der Waals surface area (Å²) in [7, 11) is 2.04. The zero-order valence-electron chi connectivity index (χ0n) is 8.10. The summed E-state index contributed by atoms with van der Waals surface area (Å²) in [6, 6.07) is 0. The Hall–Kier alpha value is -0.0800. The van der Waals surface area contributed by atoms with Gasteiger partial charge in [0.05, 0.1) is 6.10 Å². The van der Waals surface area contributed by atoms with Gasteiger partial charge in [-0.2, -0.15) is 0 Å². The standard InChI is InChI=1S/C10H19NO/c1-10(7-11-2)5-6-12-9(10)8-3-4-8/h8-9,11H,3-7H2,1-2H3. The summed E-state index contributed by atoms with van der Waals surface area (Å²) in [4.78, 5) is 0. The first kappa shape index (κ1) is 8.52. The average molecular weight is 169 g/mol. The summed E-state index contributed by atoms with van der Waals surface area (Å²) in [6.07, 6.45) is 4.56. The first-order valence-electron chi connectivity index (χ1n) is 5.02. The van der Waals surface area contributed by atoms with Crippen molar-refractivity contribution in [1.29, 1.82) is 0 Å². The van der Waals surface area contributed by atoms with E-state index in [-0.39, 0.29) is 0 Å². The summed E-state index contributed by atoms with van der Waals surface area (Å²) in [5.41, 5.74) is 0.413. The minimum atomic E-state index is 0.413. The van der Waals surface area contributed by atoms with Crippen LogP contribution >= 0.6 is 0 Å². The minimum absolute atomic E-state index is 0.413. The van der Waals surface area contributed by atoms with E-state index in [1.54, 1.807) is 0 Å². The Balaban J connectivity index is 2.00.